The Morgan fingerprint density at radius 1 is 1.65 bits per heavy atom. The molecule has 2 unspecified atom stereocenters. The van der Waals surface area contributed by atoms with E-state index in [0.717, 1.165) is 48.2 Å². The van der Waals surface area contributed by atoms with Gasteiger partial charge in [0.2, 0.25) is 0 Å². The van der Waals surface area contributed by atoms with Crippen LogP contribution in [0.3, 0.4) is 0 Å². The number of aliphatic hydroxyl groups is 1. The zero-order chi connectivity index (χ0) is 14.6. The normalized spacial score (nSPS) is 26.9. The van der Waals surface area contributed by atoms with E-state index in [2.05, 4.69) is 39.8 Å². The first-order chi connectivity index (χ1) is 9.60. The lowest BCUT2D eigenvalue weighted by atomic mass is 9.79. The highest BCUT2D eigenvalue weighted by Crippen LogP contribution is 2.38. The van der Waals surface area contributed by atoms with Crippen molar-refractivity contribution in [2.45, 2.75) is 50.8 Å². The summed E-state index contributed by atoms with van der Waals surface area (Å²) in [5.41, 5.74) is 0.184. The van der Waals surface area contributed by atoms with Gasteiger partial charge >= 0.3 is 0 Å². The maximum Gasteiger partial charge on any atom is 0.125 e. The fraction of sp³-hybridized carbons (Fsp3) is 0.786. The van der Waals surface area contributed by atoms with Crippen molar-refractivity contribution in [1.82, 2.24) is 14.9 Å². The molecule has 2 N–H and O–H groups in total. The number of aromatic nitrogens is 2. The van der Waals surface area contributed by atoms with E-state index in [0.29, 0.717) is 12.6 Å². The van der Waals surface area contributed by atoms with Gasteiger partial charge in [-0.2, -0.15) is 0 Å². The predicted octanol–water partition coefficient (Wildman–Crippen LogP) is 1.87. The summed E-state index contributed by atoms with van der Waals surface area (Å²) < 4.78 is 8.09. The molecule has 0 saturated heterocycles. The van der Waals surface area contributed by atoms with Gasteiger partial charge in [-0.15, -0.1) is 0 Å². The van der Waals surface area contributed by atoms with Crippen LogP contribution in [0.25, 0.3) is 0 Å². The van der Waals surface area contributed by atoms with Crippen molar-refractivity contribution >= 4 is 22.6 Å². The summed E-state index contributed by atoms with van der Waals surface area (Å²) in [6.45, 7) is 4.42. The number of hydrogen-bond acceptors (Lipinski definition) is 4. The minimum absolute atomic E-state index is 0.389. The second-order valence-corrected chi connectivity index (χ2v) is 6.47. The van der Waals surface area contributed by atoms with Crippen molar-refractivity contribution < 1.29 is 9.84 Å². The predicted molar refractivity (Wildman–Crippen MR) is 86.6 cm³/mol. The molecule has 6 heteroatoms. The van der Waals surface area contributed by atoms with Crippen LogP contribution in [0.2, 0.25) is 0 Å². The van der Waals surface area contributed by atoms with Gasteiger partial charge in [-0.05, 0) is 54.8 Å². The van der Waals surface area contributed by atoms with Gasteiger partial charge in [0.25, 0.3) is 0 Å². The van der Waals surface area contributed by atoms with E-state index in [1.54, 1.807) is 7.11 Å². The smallest absolute Gasteiger partial charge is 0.125 e. The van der Waals surface area contributed by atoms with Gasteiger partial charge in [0.1, 0.15) is 9.30 Å². The molecule has 0 bridgehead atoms. The molecule has 2 atom stereocenters. The molecule has 0 radical (unpaired) electrons. The van der Waals surface area contributed by atoms with Gasteiger partial charge in [0.05, 0.1) is 18.6 Å². The Bertz CT molecular complexity index is 436. The summed E-state index contributed by atoms with van der Waals surface area (Å²) in [6, 6.07) is 0.389. The van der Waals surface area contributed by atoms with E-state index < -0.39 is 5.60 Å². The van der Waals surface area contributed by atoms with E-state index in [1.165, 1.54) is 0 Å². The monoisotopic (exact) mass is 393 g/mol. The second-order valence-electron chi connectivity index (χ2n) is 5.45. The van der Waals surface area contributed by atoms with Gasteiger partial charge in [-0.25, -0.2) is 4.98 Å². The minimum Gasteiger partial charge on any atom is -0.383 e. The van der Waals surface area contributed by atoms with Crippen LogP contribution in [0.4, 0.5) is 0 Å². The Hall–Kier alpha value is -0.180. The molecule has 1 aromatic heterocycles. The summed E-state index contributed by atoms with van der Waals surface area (Å²) in [5, 5.41) is 14.6. The van der Waals surface area contributed by atoms with Gasteiger partial charge in [0, 0.05) is 19.7 Å². The van der Waals surface area contributed by atoms with Crippen LogP contribution in [0.5, 0.6) is 0 Å². The topological polar surface area (TPSA) is 59.3 Å². The zero-order valence-electron chi connectivity index (χ0n) is 12.2. The Balaban J connectivity index is 2.21. The molecule has 2 rings (SSSR count). The SMILES string of the molecule is CCNC1CCCC(O)(c2c(I)ncn2CCOC)C1. The molecule has 1 aliphatic rings. The number of nitrogens with zero attached hydrogens (tertiary/aromatic N) is 2. The van der Waals surface area contributed by atoms with Crippen molar-refractivity contribution in [2.75, 3.05) is 20.3 Å². The quantitative estimate of drug-likeness (QED) is 0.725. The molecule has 1 aromatic rings. The van der Waals surface area contributed by atoms with Crippen molar-refractivity contribution in [3.05, 3.63) is 15.7 Å². The Morgan fingerprint density at radius 2 is 2.45 bits per heavy atom. The summed E-state index contributed by atoms with van der Waals surface area (Å²) in [5.74, 6) is 0. The maximum atomic E-state index is 11.1. The molecular formula is C14H24IN3O2. The molecule has 20 heavy (non-hydrogen) atoms. The number of hydrogen-bond donors (Lipinski definition) is 2. The number of imidazole rings is 1. The molecule has 1 saturated carbocycles. The van der Waals surface area contributed by atoms with Gasteiger partial charge < -0.3 is 19.7 Å². The van der Waals surface area contributed by atoms with Crippen LogP contribution in [0, 0.1) is 3.70 Å². The molecular weight excluding hydrogens is 369 g/mol. The molecule has 0 spiro atoms. The van der Waals surface area contributed by atoms with Crippen molar-refractivity contribution in [3.8, 4) is 0 Å². The van der Waals surface area contributed by atoms with Crippen LogP contribution < -0.4 is 5.32 Å². The van der Waals surface area contributed by atoms with E-state index in [1.807, 2.05) is 10.9 Å². The third kappa shape index (κ3) is 3.52. The van der Waals surface area contributed by atoms with E-state index in [-0.39, 0.29) is 0 Å². The highest BCUT2D eigenvalue weighted by atomic mass is 127. The fourth-order valence-corrected chi connectivity index (χ4v) is 4.04. The number of methoxy groups -OCH3 is 1. The van der Waals surface area contributed by atoms with E-state index in [9.17, 15) is 5.11 Å². The Morgan fingerprint density at radius 3 is 3.15 bits per heavy atom. The van der Waals surface area contributed by atoms with Crippen molar-refractivity contribution in [1.29, 1.82) is 0 Å². The molecule has 1 fully saturated rings. The Kier molecular flexibility index (Phi) is 5.83. The number of rotatable bonds is 6. The number of halogens is 1. The Labute approximate surface area is 134 Å². The molecule has 0 aromatic carbocycles. The van der Waals surface area contributed by atoms with E-state index >= 15 is 0 Å². The average Bonchev–Trinajstić information content (AvgIpc) is 2.79. The lowest BCUT2D eigenvalue weighted by Crippen LogP contribution is -2.43. The van der Waals surface area contributed by atoms with Crippen LogP contribution in [-0.2, 0) is 16.9 Å². The zero-order valence-corrected chi connectivity index (χ0v) is 14.4. The lowest BCUT2D eigenvalue weighted by molar-refractivity contribution is -0.0202. The maximum absolute atomic E-state index is 11.1. The molecule has 1 aliphatic carbocycles. The molecule has 1 heterocycles. The summed E-state index contributed by atoms with van der Waals surface area (Å²) in [6.07, 6.45) is 5.56. The standard InChI is InChI=1S/C14H24IN3O2/c1-3-16-11-5-4-6-14(19,9-11)12-13(15)17-10-18(12)7-8-20-2/h10-11,16,19H,3-9H2,1-2H3. The first-order valence-electron chi connectivity index (χ1n) is 7.26. The first kappa shape index (κ1) is 16.2. The van der Waals surface area contributed by atoms with Crippen LogP contribution >= 0.6 is 22.6 Å². The number of ether oxygens (including phenoxy) is 1. The molecule has 114 valence electrons. The van der Waals surface area contributed by atoms with Crippen LogP contribution in [0.15, 0.2) is 6.33 Å². The first-order valence-corrected chi connectivity index (χ1v) is 8.34. The third-order valence-corrected chi connectivity index (χ3v) is 4.78. The summed E-state index contributed by atoms with van der Waals surface area (Å²) in [7, 11) is 1.69. The third-order valence-electron chi connectivity index (χ3n) is 3.99. The minimum atomic E-state index is -0.772. The van der Waals surface area contributed by atoms with Gasteiger partial charge in [-0.1, -0.05) is 6.92 Å². The van der Waals surface area contributed by atoms with Crippen molar-refractivity contribution in [2.24, 2.45) is 0 Å². The molecule has 5 nitrogen and oxygen atoms in total. The largest absolute Gasteiger partial charge is 0.383 e. The molecule has 0 amide bonds. The highest BCUT2D eigenvalue weighted by molar-refractivity contribution is 14.1. The van der Waals surface area contributed by atoms with Crippen molar-refractivity contribution in [3.63, 3.8) is 0 Å². The second kappa shape index (κ2) is 7.20. The summed E-state index contributed by atoms with van der Waals surface area (Å²) >= 11 is 2.22. The molecule has 0 aliphatic heterocycles. The summed E-state index contributed by atoms with van der Waals surface area (Å²) in [4.78, 5) is 4.37. The van der Waals surface area contributed by atoms with Gasteiger partial charge in [-0.3, -0.25) is 0 Å². The number of nitrogens with one attached hydrogen (secondary N) is 1. The van der Waals surface area contributed by atoms with Crippen LogP contribution in [-0.4, -0.2) is 41.0 Å². The fourth-order valence-electron chi connectivity index (χ4n) is 3.11. The van der Waals surface area contributed by atoms with E-state index in [4.69, 9.17) is 4.74 Å². The van der Waals surface area contributed by atoms with Crippen LogP contribution in [0.1, 0.15) is 38.3 Å². The lowest BCUT2D eigenvalue weighted by Gasteiger charge is -2.37. The van der Waals surface area contributed by atoms with Gasteiger partial charge in [0.15, 0.2) is 0 Å². The highest BCUT2D eigenvalue weighted by Gasteiger charge is 2.39. The average molecular weight is 393 g/mol.